The Morgan fingerprint density at radius 1 is 1.15 bits per heavy atom. The second kappa shape index (κ2) is 7.47. The zero-order valence-electron chi connectivity index (χ0n) is 14.0. The van der Waals surface area contributed by atoms with Crippen LogP contribution in [0.4, 0.5) is 5.69 Å². The standard InChI is InChI=1S/C17H15N3O.C2H4O3/c18-15-13-8-12(10-4-2-1-3-5-10)11-6-7-19-9-14(11)16(13)20-17(15)21;3-1-2(4)5/h1-5,8,19H,6-7,9H2,(H2,18,20,21);3H,1H2,(H,4,5). The van der Waals surface area contributed by atoms with E-state index in [1.54, 1.807) is 0 Å². The summed E-state index contributed by atoms with van der Waals surface area (Å²) in [6, 6.07) is 12.2. The zero-order valence-corrected chi connectivity index (χ0v) is 14.0. The molecule has 0 spiro atoms. The van der Waals surface area contributed by atoms with Crippen molar-refractivity contribution >= 4 is 23.3 Å². The van der Waals surface area contributed by atoms with Gasteiger partial charge in [0.05, 0.1) is 5.69 Å². The highest BCUT2D eigenvalue weighted by Crippen LogP contribution is 2.38. The molecule has 2 heterocycles. The molecule has 2 aromatic rings. The molecule has 2 aliphatic heterocycles. The van der Waals surface area contributed by atoms with E-state index in [-0.39, 0.29) is 11.6 Å². The summed E-state index contributed by atoms with van der Waals surface area (Å²) in [5.41, 5.74) is 6.32. The molecule has 2 aromatic carbocycles. The molecule has 7 heteroatoms. The van der Waals surface area contributed by atoms with Crippen molar-refractivity contribution in [2.75, 3.05) is 18.5 Å². The monoisotopic (exact) mass is 353 g/mol. The molecule has 0 atom stereocenters. The molecular weight excluding hydrogens is 334 g/mol. The van der Waals surface area contributed by atoms with Crippen LogP contribution in [0.2, 0.25) is 0 Å². The SMILES string of the molecule is N=C1C(=O)Nc2c1cc(-c1ccccc1)c1c2CNCC1.O=C(O)CO. The number of benzene rings is 2. The van der Waals surface area contributed by atoms with Gasteiger partial charge < -0.3 is 20.8 Å². The first-order valence-corrected chi connectivity index (χ1v) is 8.20. The summed E-state index contributed by atoms with van der Waals surface area (Å²) < 4.78 is 0. The van der Waals surface area contributed by atoms with Crippen LogP contribution in [0.15, 0.2) is 36.4 Å². The predicted molar refractivity (Wildman–Crippen MR) is 97.5 cm³/mol. The number of hydrogen-bond donors (Lipinski definition) is 5. The zero-order chi connectivity index (χ0) is 18.7. The Kier molecular flexibility index (Phi) is 5.11. The van der Waals surface area contributed by atoms with Gasteiger partial charge in [-0.3, -0.25) is 10.2 Å². The van der Waals surface area contributed by atoms with Gasteiger partial charge in [-0.25, -0.2) is 4.79 Å². The number of rotatable bonds is 2. The average molecular weight is 353 g/mol. The first-order chi connectivity index (χ1) is 12.5. The number of carboxylic acid groups (broad SMARTS) is 1. The van der Waals surface area contributed by atoms with E-state index in [2.05, 4.69) is 22.8 Å². The van der Waals surface area contributed by atoms with Crippen molar-refractivity contribution in [1.82, 2.24) is 5.32 Å². The van der Waals surface area contributed by atoms with Crippen molar-refractivity contribution in [3.63, 3.8) is 0 Å². The molecule has 4 rings (SSSR count). The van der Waals surface area contributed by atoms with Gasteiger partial charge in [-0.15, -0.1) is 0 Å². The summed E-state index contributed by atoms with van der Waals surface area (Å²) in [6.45, 7) is 0.906. The number of hydrogen-bond acceptors (Lipinski definition) is 5. The summed E-state index contributed by atoms with van der Waals surface area (Å²) in [5, 5.41) is 29.2. The maximum atomic E-state index is 11.8. The maximum absolute atomic E-state index is 11.8. The van der Waals surface area contributed by atoms with E-state index in [4.69, 9.17) is 20.4 Å². The molecule has 0 saturated heterocycles. The fourth-order valence-electron chi connectivity index (χ4n) is 3.20. The average Bonchev–Trinajstić information content (AvgIpc) is 2.97. The minimum Gasteiger partial charge on any atom is -0.480 e. The van der Waals surface area contributed by atoms with E-state index in [9.17, 15) is 4.79 Å². The van der Waals surface area contributed by atoms with Gasteiger partial charge in [0.2, 0.25) is 0 Å². The van der Waals surface area contributed by atoms with Gasteiger partial charge in [0.15, 0.2) is 0 Å². The highest BCUT2D eigenvalue weighted by molar-refractivity contribution is 6.53. The first kappa shape index (κ1) is 17.8. The Bertz CT molecular complexity index is 878. The number of aliphatic hydroxyl groups is 1. The number of anilines is 1. The number of carbonyl (C=O) groups excluding carboxylic acids is 1. The normalized spacial score (nSPS) is 14.7. The molecule has 0 aromatic heterocycles. The minimum absolute atomic E-state index is 0.0653. The number of carboxylic acids is 1. The Balaban J connectivity index is 0.000000349. The number of amides is 1. The van der Waals surface area contributed by atoms with Crippen LogP contribution in [0.5, 0.6) is 0 Å². The molecule has 0 radical (unpaired) electrons. The van der Waals surface area contributed by atoms with E-state index in [0.29, 0.717) is 0 Å². The van der Waals surface area contributed by atoms with E-state index in [0.717, 1.165) is 47.5 Å². The van der Waals surface area contributed by atoms with Crippen LogP contribution in [-0.4, -0.2) is 41.0 Å². The Labute approximate surface area is 150 Å². The number of carbonyl (C=O) groups is 2. The quantitative estimate of drug-likeness (QED) is 0.558. The topological polar surface area (TPSA) is 123 Å². The summed E-state index contributed by atoms with van der Waals surface area (Å²) in [7, 11) is 0. The number of fused-ring (bicyclic) bond motifs is 3. The molecular formula is C19H19N3O4. The fourth-order valence-corrected chi connectivity index (χ4v) is 3.20. The van der Waals surface area contributed by atoms with E-state index >= 15 is 0 Å². The van der Waals surface area contributed by atoms with E-state index in [1.165, 1.54) is 5.56 Å². The third-order valence-corrected chi connectivity index (χ3v) is 4.36. The maximum Gasteiger partial charge on any atom is 0.329 e. The van der Waals surface area contributed by atoms with Crippen molar-refractivity contribution in [1.29, 1.82) is 5.41 Å². The van der Waals surface area contributed by atoms with Crippen molar-refractivity contribution < 1.29 is 19.8 Å². The van der Waals surface area contributed by atoms with Gasteiger partial charge in [0, 0.05) is 12.1 Å². The number of nitrogens with one attached hydrogen (secondary N) is 3. The second-order valence-electron chi connectivity index (χ2n) is 5.98. The van der Waals surface area contributed by atoms with Gasteiger partial charge in [-0.2, -0.15) is 0 Å². The van der Waals surface area contributed by atoms with Gasteiger partial charge in [-0.05, 0) is 41.3 Å². The predicted octanol–water partition coefficient (Wildman–Crippen LogP) is 1.38. The van der Waals surface area contributed by atoms with Crippen LogP contribution in [0, 0.1) is 5.41 Å². The fraction of sp³-hybridized carbons (Fsp3) is 0.211. The lowest BCUT2D eigenvalue weighted by atomic mass is 9.87. The number of aliphatic hydroxyl groups excluding tert-OH is 1. The Morgan fingerprint density at radius 3 is 2.50 bits per heavy atom. The van der Waals surface area contributed by atoms with Crippen LogP contribution in [-0.2, 0) is 22.6 Å². The smallest absolute Gasteiger partial charge is 0.329 e. The van der Waals surface area contributed by atoms with Gasteiger partial charge in [0.1, 0.15) is 12.3 Å². The van der Waals surface area contributed by atoms with Crippen molar-refractivity contribution in [2.24, 2.45) is 0 Å². The molecule has 0 fully saturated rings. The highest BCUT2D eigenvalue weighted by Gasteiger charge is 2.30. The van der Waals surface area contributed by atoms with Gasteiger partial charge in [-0.1, -0.05) is 30.3 Å². The molecule has 0 bridgehead atoms. The van der Waals surface area contributed by atoms with Crippen LogP contribution in [0.1, 0.15) is 16.7 Å². The third-order valence-electron chi connectivity index (χ3n) is 4.36. The van der Waals surface area contributed by atoms with Crippen LogP contribution in [0.3, 0.4) is 0 Å². The van der Waals surface area contributed by atoms with Gasteiger partial charge in [0.25, 0.3) is 5.91 Å². The minimum atomic E-state index is -1.19. The van der Waals surface area contributed by atoms with Crippen LogP contribution < -0.4 is 10.6 Å². The molecule has 5 N–H and O–H groups in total. The van der Waals surface area contributed by atoms with Crippen molar-refractivity contribution in [2.45, 2.75) is 13.0 Å². The first-order valence-electron chi connectivity index (χ1n) is 8.20. The van der Waals surface area contributed by atoms with Crippen molar-refractivity contribution in [3.05, 3.63) is 53.1 Å². The molecule has 134 valence electrons. The Hall–Kier alpha value is -3.03. The molecule has 0 saturated carbocycles. The van der Waals surface area contributed by atoms with E-state index < -0.39 is 12.6 Å². The molecule has 7 nitrogen and oxygen atoms in total. The molecule has 0 aliphatic carbocycles. The highest BCUT2D eigenvalue weighted by atomic mass is 16.4. The van der Waals surface area contributed by atoms with E-state index in [1.807, 2.05) is 24.3 Å². The summed E-state index contributed by atoms with van der Waals surface area (Å²) in [4.78, 5) is 20.9. The second-order valence-corrected chi connectivity index (χ2v) is 5.98. The summed E-state index contributed by atoms with van der Waals surface area (Å²) in [5.74, 6) is -1.49. The molecule has 26 heavy (non-hydrogen) atoms. The Morgan fingerprint density at radius 2 is 1.85 bits per heavy atom. The lowest BCUT2D eigenvalue weighted by molar-refractivity contribution is -0.140. The molecule has 1 amide bonds. The number of aliphatic carboxylic acids is 1. The van der Waals surface area contributed by atoms with Crippen molar-refractivity contribution in [3.8, 4) is 11.1 Å². The largest absolute Gasteiger partial charge is 0.480 e. The lowest BCUT2D eigenvalue weighted by Crippen LogP contribution is -2.25. The van der Waals surface area contributed by atoms with Crippen LogP contribution in [0.25, 0.3) is 11.1 Å². The summed E-state index contributed by atoms with van der Waals surface area (Å²) >= 11 is 0. The van der Waals surface area contributed by atoms with Crippen LogP contribution >= 0.6 is 0 Å². The lowest BCUT2D eigenvalue weighted by Gasteiger charge is -2.23. The molecule has 0 unspecified atom stereocenters. The summed E-state index contributed by atoms with van der Waals surface area (Å²) in [6.07, 6.45) is 0.941. The third kappa shape index (κ3) is 3.35. The molecule has 2 aliphatic rings. The van der Waals surface area contributed by atoms with Gasteiger partial charge >= 0.3 is 5.97 Å².